The van der Waals surface area contributed by atoms with Crippen molar-refractivity contribution in [3.8, 4) is 5.75 Å². The number of benzene rings is 1. The van der Waals surface area contributed by atoms with Crippen molar-refractivity contribution in [2.75, 3.05) is 19.0 Å². The number of carbonyl (C=O) groups excluding carboxylic acids is 3. The molecule has 2 N–H and O–H groups in total. The first-order chi connectivity index (χ1) is 17.9. The average molecular weight is 560 g/mol. The Morgan fingerprint density at radius 1 is 1.19 bits per heavy atom. The van der Waals surface area contributed by atoms with E-state index in [0.717, 1.165) is 50.4 Å². The van der Waals surface area contributed by atoms with Crippen molar-refractivity contribution in [3.05, 3.63) is 50.3 Å². The third-order valence-corrected chi connectivity index (χ3v) is 8.61. The molecule has 2 amide bonds. The SMILES string of the molecule is CCOC(=O)c1c(NC(=O)C(=O)N/N=C/c2ccc(OC)c(CSc3nnc(C)s3)c2)sc2c1CCC2. The number of nitrogens with zero attached hydrogens (tertiary/aromatic N) is 3. The Hall–Kier alpha value is -3.29. The van der Waals surface area contributed by atoms with Gasteiger partial charge in [-0.3, -0.25) is 9.59 Å². The summed E-state index contributed by atoms with van der Waals surface area (Å²) in [4.78, 5) is 38.4. The molecule has 13 heteroatoms. The summed E-state index contributed by atoms with van der Waals surface area (Å²) in [5.74, 6) is -1.03. The zero-order valence-corrected chi connectivity index (χ0v) is 22.9. The number of fused-ring (bicyclic) bond motifs is 1. The molecule has 37 heavy (non-hydrogen) atoms. The molecule has 0 saturated heterocycles. The number of thiophene rings is 1. The molecule has 2 heterocycles. The van der Waals surface area contributed by atoms with Gasteiger partial charge in [-0.15, -0.1) is 21.5 Å². The third kappa shape index (κ3) is 6.53. The van der Waals surface area contributed by atoms with Gasteiger partial charge in [-0.1, -0.05) is 23.1 Å². The van der Waals surface area contributed by atoms with Crippen LogP contribution in [0.15, 0.2) is 27.6 Å². The van der Waals surface area contributed by atoms with Crippen LogP contribution in [0, 0.1) is 6.92 Å². The lowest BCUT2D eigenvalue weighted by Gasteiger charge is -2.08. The number of hydrogen-bond acceptors (Lipinski definition) is 11. The highest BCUT2D eigenvalue weighted by molar-refractivity contribution is 8.00. The first-order valence-corrected chi connectivity index (χ1v) is 14.1. The zero-order chi connectivity index (χ0) is 26.4. The molecule has 0 aliphatic heterocycles. The van der Waals surface area contributed by atoms with Crippen LogP contribution in [-0.4, -0.2) is 47.9 Å². The van der Waals surface area contributed by atoms with Crippen molar-refractivity contribution in [2.24, 2.45) is 5.10 Å². The second-order valence-electron chi connectivity index (χ2n) is 7.88. The highest BCUT2D eigenvalue weighted by atomic mass is 32.2. The minimum atomic E-state index is -0.949. The lowest BCUT2D eigenvalue weighted by Crippen LogP contribution is -2.32. The number of ether oxygens (including phenoxy) is 2. The van der Waals surface area contributed by atoms with Crippen molar-refractivity contribution in [1.82, 2.24) is 15.6 Å². The maximum atomic E-state index is 12.5. The quantitative estimate of drug-likeness (QED) is 0.132. The number of hydrogen-bond donors (Lipinski definition) is 2. The Morgan fingerprint density at radius 2 is 2.03 bits per heavy atom. The number of anilines is 1. The molecule has 3 aromatic rings. The normalized spacial score (nSPS) is 12.4. The van der Waals surface area contributed by atoms with Crippen LogP contribution in [0.3, 0.4) is 0 Å². The standard InChI is InChI=1S/C24H25N5O5S3/c1-4-34-23(32)19-16-6-5-7-18(16)37-22(19)26-20(30)21(31)28-25-11-14-8-9-17(33-3)15(10-14)12-35-24-29-27-13(2)36-24/h8-11H,4-7,12H2,1-3H3,(H,26,30)(H,28,31)/b25-11+. The zero-order valence-electron chi connectivity index (χ0n) is 20.5. The minimum Gasteiger partial charge on any atom is -0.496 e. The highest BCUT2D eigenvalue weighted by Crippen LogP contribution is 2.39. The number of hydrazone groups is 1. The number of carbonyl (C=O) groups is 3. The molecule has 10 nitrogen and oxygen atoms in total. The highest BCUT2D eigenvalue weighted by Gasteiger charge is 2.29. The second-order valence-corrected chi connectivity index (χ2v) is 11.4. The fraction of sp³-hybridized carbons (Fsp3) is 0.333. The molecule has 1 aromatic carbocycles. The molecular weight excluding hydrogens is 534 g/mol. The van der Waals surface area contributed by atoms with Crippen LogP contribution in [0.1, 0.15) is 50.3 Å². The van der Waals surface area contributed by atoms with E-state index in [4.69, 9.17) is 9.47 Å². The molecule has 0 unspecified atom stereocenters. The molecule has 0 spiro atoms. The Kier molecular flexibility index (Phi) is 8.90. The summed E-state index contributed by atoms with van der Waals surface area (Å²) in [7, 11) is 1.60. The number of nitrogens with one attached hydrogen (secondary N) is 2. The van der Waals surface area contributed by atoms with Crippen molar-refractivity contribution >= 4 is 63.4 Å². The van der Waals surface area contributed by atoms with Gasteiger partial charge in [0.25, 0.3) is 0 Å². The van der Waals surface area contributed by atoms with Gasteiger partial charge in [-0.2, -0.15) is 5.10 Å². The van der Waals surface area contributed by atoms with Crippen molar-refractivity contribution < 1.29 is 23.9 Å². The van der Waals surface area contributed by atoms with E-state index in [9.17, 15) is 14.4 Å². The van der Waals surface area contributed by atoms with E-state index < -0.39 is 17.8 Å². The fourth-order valence-electron chi connectivity index (χ4n) is 3.76. The first-order valence-electron chi connectivity index (χ1n) is 11.5. The summed E-state index contributed by atoms with van der Waals surface area (Å²) >= 11 is 4.37. The van der Waals surface area contributed by atoms with Crippen LogP contribution >= 0.6 is 34.4 Å². The smallest absolute Gasteiger partial charge is 0.341 e. The van der Waals surface area contributed by atoms with E-state index in [2.05, 4.69) is 26.0 Å². The number of esters is 1. The lowest BCUT2D eigenvalue weighted by atomic mass is 10.1. The van der Waals surface area contributed by atoms with Crippen LogP contribution in [0.25, 0.3) is 0 Å². The largest absolute Gasteiger partial charge is 0.496 e. The number of rotatable bonds is 9. The van der Waals surface area contributed by atoms with Crippen LogP contribution in [0.4, 0.5) is 5.00 Å². The predicted molar refractivity (Wildman–Crippen MR) is 144 cm³/mol. The first kappa shape index (κ1) is 26.8. The summed E-state index contributed by atoms with van der Waals surface area (Å²) in [6, 6.07) is 5.48. The van der Waals surface area contributed by atoms with E-state index in [-0.39, 0.29) is 6.61 Å². The molecule has 1 aliphatic carbocycles. The van der Waals surface area contributed by atoms with Gasteiger partial charge < -0.3 is 14.8 Å². The van der Waals surface area contributed by atoms with Gasteiger partial charge in [0.1, 0.15) is 15.8 Å². The van der Waals surface area contributed by atoms with Gasteiger partial charge in [-0.05, 0) is 62.4 Å². The number of amides is 2. The van der Waals surface area contributed by atoms with Gasteiger partial charge in [-0.25, -0.2) is 10.2 Å². The van der Waals surface area contributed by atoms with Crippen LogP contribution in [0.2, 0.25) is 0 Å². The Labute approximate surface area is 225 Å². The van der Waals surface area contributed by atoms with E-state index in [1.54, 1.807) is 31.9 Å². The molecule has 0 atom stereocenters. The van der Waals surface area contributed by atoms with E-state index in [0.29, 0.717) is 21.9 Å². The van der Waals surface area contributed by atoms with E-state index >= 15 is 0 Å². The molecule has 1 aliphatic rings. The van der Waals surface area contributed by atoms with Gasteiger partial charge in [0.05, 0.1) is 25.5 Å². The fourth-order valence-corrected chi connectivity index (χ4v) is 6.82. The maximum Gasteiger partial charge on any atom is 0.341 e. The number of aryl methyl sites for hydroxylation is 2. The second kappa shape index (κ2) is 12.3. The Balaban J connectivity index is 1.38. The summed E-state index contributed by atoms with van der Waals surface area (Å²) in [6.07, 6.45) is 3.97. The van der Waals surface area contributed by atoms with Gasteiger partial charge in [0, 0.05) is 16.2 Å². The Morgan fingerprint density at radius 3 is 2.76 bits per heavy atom. The van der Waals surface area contributed by atoms with E-state index in [1.165, 1.54) is 28.9 Å². The van der Waals surface area contributed by atoms with Crippen LogP contribution < -0.4 is 15.5 Å². The van der Waals surface area contributed by atoms with Gasteiger partial charge in [0.2, 0.25) is 0 Å². The number of thioether (sulfide) groups is 1. The topological polar surface area (TPSA) is 132 Å². The molecule has 0 radical (unpaired) electrons. The van der Waals surface area contributed by atoms with Crippen molar-refractivity contribution in [2.45, 2.75) is 43.2 Å². The Bertz CT molecular complexity index is 1350. The number of aromatic nitrogens is 2. The molecule has 4 rings (SSSR count). The maximum absolute atomic E-state index is 12.5. The average Bonchev–Trinajstić information content (AvgIpc) is 3.59. The van der Waals surface area contributed by atoms with Gasteiger partial charge in [0.15, 0.2) is 4.34 Å². The summed E-state index contributed by atoms with van der Waals surface area (Å²) in [5, 5.41) is 15.8. The lowest BCUT2D eigenvalue weighted by molar-refractivity contribution is -0.136. The molecule has 0 fully saturated rings. The summed E-state index contributed by atoms with van der Waals surface area (Å²) < 4.78 is 11.5. The van der Waals surface area contributed by atoms with Crippen LogP contribution in [-0.2, 0) is 32.9 Å². The monoisotopic (exact) mass is 559 g/mol. The number of methoxy groups -OCH3 is 1. The van der Waals surface area contributed by atoms with Crippen molar-refractivity contribution in [3.63, 3.8) is 0 Å². The van der Waals surface area contributed by atoms with Crippen molar-refractivity contribution in [1.29, 1.82) is 0 Å². The summed E-state index contributed by atoms with van der Waals surface area (Å²) in [5.41, 5.74) is 5.11. The molecule has 2 aromatic heterocycles. The molecule has 0 bridgehead atoms. The predicted octanol–water partition coefficient (Wildman–Crippen LogP) is 3.96. The third-order valence-electron chi connectivity index (χ3n) is 5.38. The summed E-state index contributed by atoms with van der Waals surface area (Å²) in [6.45, 7) is 3.84. The van der Waals surface area contributed by atoms with E-state index in [1.807, 2.05) is 19.1 Å². The van der Waals surface area contributed by atoms with Crippen LogP contribution in [0.5, 0.6) is 5.75 Å². The molecule has 194 valence electrons. The molecule has 0 saturated carbocycles. The molecular formula is C24H25N5O5S3. The minimum absolute atomic E-state index is 0.222. The van der Waals surface area contributed by atoms with Gasteiger partial charge >= 0.3 is 17.8 Å².